The van der Waals surface area contributed by atoms with Gasteiger partial charge in [0.1, 0.15) is 5.76 Å². The number of pyridine rings is 1. The van der Waals surface area contributed by atoms with E-state index in [0.717, 1.165) is 5.39 Å². The quantitative estimate of drug-likeness (QED) is 0.360. The summed E-state index contributed by atoms with van der Waals surface area (Å²) in [6, 6.07) is 21.8. The summed E-state index contributed by atoms with van der Waals surface area (Å²) in [5.41, 5.74) is 1.84. The summed E-state index contributed by atoms with van der Waals surface area (Å²) in [5.74, 6) is -0.0110. The number of nitrogens with zero attached hydrogens (tertiary/aromatic N) is 1. The summed E-state index contributed by atoms with van der Waals surface area (Å²) in [5, 5.41) is 22.2. The Balaban J connectivity index is 2.10. The van der Waals surface area contributed by atoms with Gasteiger partial charge in [-0.25, -0.2) is 4.98 Å². The normalized spacial score (nSPS) is 12.7. The summed E-state index contributed by atoms with van der Waals surface area (Å²) in [6.45, 7) is 0. The molecule has 128 valence electrons. The van der Waals surface area contributed by atoms with E-state index in [-0.39, 0.29) is 16.7 Å². The third-order valence-electron chi connectivity index (χ3n) is 4.99. The zero-order valence-electron chi connectivity index (χ0n) is 14.2. The summed E-state index contributed by atoms with van der Waals surface area (Å²) in [4.78, 5) is 17.5. The average Bonchev–Trinajstić information content (AvgIpc) is 2.72. The largest absolute Gasteiger partial charge is 0.507 e. The van der Waals surface area contributed by atoms with Crippen LogP contribution < -0.4 is 16.1 Å². The Hall–Kier alpha value is -3.79. The Bertz CT molecular complexity index is 1460. The highest BCUT2D eigenvalue weighted by molar-refractivity contribution is 6.09. The molecule has 0 spiro atoms. The van der Waals surface area contributed by atoms with Gasteiger partial charge in [-0.1, -0.05) is 72.8 Å². The first kappa shape index (κ1) is 15.5. The molecule has 0 radical (unpaired) electrons. The predicted octanol–water partition coefficient (Wildman–Crippen LogP) is 3.20. The Morgan fingerprint density at radius 2 is 1.41 bits per heavy atom. The Kier molecular flexibility index (Phi) is 3.21. The van der Waals surface area contributed by atoms with Gasteiger partial charge in [-0.3, -0.25) is 10.2 Å². The molecule has 2 aliphatic rings. The molecule has 3 aromatic carbocycles. The van der Waals surface area contributed by atoms with Crippen LogP contribution in [0.1, 0.15) is 5.56 Å². The molecule has 0 aromatic heterocycles. The first-order valence-electron chi connectivity index (χ1n) is 8.61. The highest BCUT2D eigenvalue weighted by atomic mass is 16.3. The molecule has 0 saturated carbocycles. The first-order valence-corrected chi connectivity index (χ1v) is 8.61. The molecule has 0 unspecified atom stereocenters. The zero-order chi connectivity index (χ0) is 18.5. The molecule has 3 aromatic rings. The molecular weight excluding hydrogens is 336 g/mol. The monoisotopic (exact) mass is 350 g/mol. The van der Waals surface area contributed by atoms with Crippen molar-refractivity contribution in [1.29, 1.82) is 5.41 Å². The van der Waals surface area contributed by atoms with Crippen molar-refractivity contribution in [3.05, 3.63) is 99.3 Å². The fourth-order valence-corrected chi connectivity index (χ4v) is 3.76. The maximum absolute atomic E-state index is 13.0. The van der Waals surface area contributed by atoms with Gasteiger partial charge in [-0.2, -0.15) is 0 Å². The van der Waals surface area contributed by atoms with Gasteiger partial charge in [0.2, 0.25) is 0 Å². The minimum atomic E-state index is -0.0617. The van der Waals surface area contributed by atoms with E-state index in [4.69, 9.17) is 5.41 Å². The van der Waals surface area contributed by atoms with Gasteiger partial charge in [0.05, 0.1) is 10.9 Å². The second-order valence-corrected chi connectivity index (χ2v) is 6.50. The SMILES string of the molecule is N=c1nc2c3ccccc3c(=O)c3cccc(c3-2)/c1=C(\O)c1ccccc1. The maximum atomic E-state index is 13.0. The summed E-state index contributed by atoms with van der Waals surface area (Å²) < 4.78 is 0. The topological polar surface area (TPSA) is 74.0 Å². The first-order chi connectivity index (χ1) is 13.2. The number of rotatable bonds is 1. The number of benzene rings is 4. The Labute approximate surface area is 153 Å². The van der Waals surface area contributed by atoms with E-state index in [2.05, 4.69) is 4.98 Å². The van der Waals surface area contributed by atoms with Gasteiger partial charge in [-0.05, 0) is 5.39 Å². The van der Waals surface area contributed by atoms with Crippen molar-refractivity contribution in [2.45, 2.75) is 0 Å². The molecule has 4 heteroatoms. The lowest BCUT2D eigenvalue weighted by molar-refractivity contribution is 0.507. The van der Waals surface area contributed by atoms with Crippen LogP contribution in [0.4, 0.5) is 0 Å². The van der Waals surface area contributed by atoms with Gasteiger partial charge in [0.15, 0.2) is 10.9 Å². The minimum absolute atomic E-state index is 0.0110. The zero-order valence-corrected chi connectivity index (χ0v) is 14.2. The van der Waals surface area contributed by atoms with Crippen LogP contribution in [-0.2, 0) is 0 Å². The van der Waals surface area contributed by atoms with Crippen molar-refractivity contribution in [1.82, 2.24) is 4.98 Å². The van der Waals surface area contributed by atoms with Crippen LogP contribution in [0.5, 0.6) is 0 Å². The fourth-order valence-electron chi connectivity index (χ4n) is 3.76. The summed E-state index contributed by atoms with van der Waals surface area (Å²) in [6.07, 6.45) is 0. The minimum Gasteiger partial charge on any atom is -0.507 e. The summed E-state index contributed by atoms with van der Waals surface area (Å²) in [7, 11) is 0. The van der Waals surface area contributed by atoms with Gasteiger partial charge in [0.25, 0.3) is 0 Å². The average molecular weight is 350 g/mol. The van der Waals surface area contributed by atoms with Gasteiger partial charge in [-0.15, -0.1) is 0 Å². The third kappa shape index (κ3) is 2.13. The van der Waals surface area contributed by atoms with Gasteiger partial charge in [0, 0.05) is 27.3 Å². The van der Waals surface area contributed by atoms with Crippen LogP contribution in [-0.4, -0.2) is 10.1 Å². The number of nitrogens with one attached hydrogen (secondary N) is 1. The molecule has 5 rings (SSSR count). The van der Waals surface area contributed by atoms with Crippen molar-refractivity contribution in [2.75, 3.05) is 0 Å². The number of hydrogen-bond acceptors (Lipinski definition) is 4. The lowest BCUT2D eigenvalue weighted by Crippen LogP contribution is -2.32. The molecule has 1 aliphatic heterocycles. The molecule has 1 heterocycles. The fraction of sp³-hybridized carbons (Fsp3) is 0. The highest BCUT2D eigenvalue weighted by Gasteiger charge is 2.20. The second-order valence-electron chi connectivity index (χ2n) is 6.50. The molecular formula is C23H14N2O2. The van der Waals surface area contributed by atoms with Crippen molar-refractivity contribution in [3.8, 4) is 11.3 Å². The number of aliphatic hydroxyl groups excluding tert-OH is 1. The van der Waals surface area contributed by atoms with Crippen LogP contribution in [0, 0.1) is 5.41 Å². The van der Waals surface area contributed by atoms with E-state index in [9.17, 15) is 9.90 Å². The molecule has 27 heavy (non-hydrogen) atoms. The van der Waals surface area contributed by atoms with Crippen LogP contribution >= 0.6 is 0 Å². The molecule has 0 fully saturated rings. The molecule has 0 amide bonds. The number of hydrogen-bond donors (Lipinski definition) is 2. The lowest BCUT2D eigenvalue weighted by Gasteiger charge is -2.14. The van der Waals surface area contributed by atoms with Crippen LogP contribution in [0.15, 0.2) is 77.6 Å². The predicted molar refractivity (Wildman–Crippen MR) is 106 cm³/mol. The van der Waals surface area contributed by atoms with Gasteiger partial charge >= 0.3 is 0 Å². The van der Waals surface area contributed by atoms with Crippen molar-refractivity contribution in [3.63, 3.8) is 0 Å². The number of aliphatic hydroxyl groups is 1. The highest BCUT2D eigenvalue weighted by Crippen LogP contribution is 2.32. The Morgan fingerprint density at radius 3 is 2.19 bits per heavy atom. The van der Waals surface area contributed by atoms with E-state index in [0.29, 0.717) is 38.2 Å². The Morgan fingerprint density at radius 1 is 0.778 bits per heavy atom. The number of aromatic nitrogens is 1. The molecule has 0 atom stereocenters. The number of fused-ring (bicyclic) bond motifs is 2. The van der Waals surface area contributed by atoms with E-state index in [1.165, 1.54) is 0 Å². The van der Waals surface area contributed by atoms with E-state index >= 15 is 0 Å². The van der Waals surface area contributed by atoms with Crippen molar-refractivity contribution >= 4 is 27.3 Å². The molecule has 0 bridgehead atoms. The molecule has 4 nitrogen and oxygen atoms in total. The second kappa shape index (κ2) is 5.61. The van der Waals surface area contributed by atoms with E-state index in [1.807, 2.05) is 42.5 Å². The van der Waals surface area contributed by atoms with Crippen molar-refractivity contribution < 1.29 is 5.11 Å². The van der Waals surface area contributed by atoms with Gasteiger partial charge < -0.3 is 5.11 Å². The summed E-state index contributed by atoms with van der Waals surface area (Å²) >= 11 is 0. The lowest BCUT2D eigenvalue weighted by atomic mass is 9.91. The molecule has 2 N–H and O–H groups in total. The van der Waals surface area contributed by atoms with E-state index < -0.39 is 0 Å². The van der Waals surface area contributed by atoms with Crippen LogP contribution in [0.2, 0.25) is 0 Å². The standard InChI is InChI=1S/C23H14N2O2/c24-23-19(21(26)13-7-2-1-3-8-13)16-11-6-12-17-18(16)20(25-23)14-9-4-5-10-15(14)22(17)27/h1-12,24,26H/b21-19+,24-23?. The smallest absolute Gasteiger partial charge is 0.194 e. The van der Waals surface area contributed by atoms with Crippen molar-refractivity contribution in [2.24, 2.45) is 0 Å². The molecule has 1 aliphatic carbocycles. The molecule has 0 saturated heterocycles. The maximum Gasteiger partial charge on any atom is 0.194 e. The van der Waals surface area contributed by atoms with Crippen LogP contribution in [0.25, 0.3) is 38.6 Å². The third-order valence-corrected chi connectivity index (χ3v) is 4.99. The van der Waals surface area contributed by atoms with E-state index in [1.54, 1.807) is 30.3 Å². The van der Waals surface area contributed by atoms with Crippen LogP contribution in [0.3, 0.4) is 0 Å².